The summed E-state index contributed by atoms with van der Waals surface area (Å²) in [6, 6.07) is 15.3. The molecule has 6 heteroatoms. The highest BCUT2D eigenvalue weighted by Crippen LogP contribution is 2.36. The van der Waals surface area contributed by atoms with E-state index >= 15 is 0 Å². The number of hydrogen-bond donors (Lipinski definition) is 2. The standard InChI is InChI=1S/C19H17IN2O2S/c1-11(23)16-17(12-6-4-3-5-7-12)21-19(25)22-18(16)14-10-13(20)8-9-15(14)24-2/h3-10,18H,1-2H3,(H2,21,22,25)/t18-/m0/s1. The molecule has 128 valence electrons. The van der Waals surface area contributed by atoms with Crippen molar-refractivity contribution < 1.29 is 9.53 Å². The summed E-state index contributed by atoms with van der Waals surface area (Å²) >= 11 is 7.65. The van der Waals surface area contributed by atoms with Crippen LogP contribution in [0.3, 0.4) is 0 Å². The Morgan fingerprint density at radius 1 is 1.20 bits per heavy atom. The number of methoxy groups -OCH3 is 1. The van der Waals surface area contributed by atoms with Gasteiger partial charge in [0.2, 0.25) is 0 Å². The molecule has 1 heterocycles. The van der Waals surface area contributed by atoms with Crippen LogP contribution in [0.15, 0.2) is 54.1 Å². The molecule has 1 aliphatic heterocycles. The first-order chi connectivity index (χ1) is 12.0. The van der Waals surface area contributed by atoms with Gasteiger partial charge in [-0.1, -0.05) is 30.3 Å². The molecular formula is C19H17IN2O2S. The third-order valence-corrected chi connectivity index (χ3v) is 4.91. The zero-order chi connectivity index (χ0) is 18.0. The van der Waals surface area contributed by atoms with Crippen LogP contribution in [0.4, 0.5) is 0 Å². The summed E-state index contributed by atoms with van der Waals surface area (Å²) in [5.41, 5.74) is 3.19. The van der Waals surface area contributed by atoms with E-state index in [0.29, 0.717) is 16.4 Å². The lowest BCUT2D eigenvalue weighted by molar-refractivity contribution is -0.113. The second-order valence-corrected chi connectivity index (χ2v) is 7.28. The zero-order valence-corrected chi connectivity index (χ0v) is 16.8. The topological polar surface area (TPSA) is 50.4 Å². The van der Waals surface area contributed by atoms with Crippen LogP contribution in [0.1, 0.15) is 24.1 Å². The molecule has 0 amide bonds. The third-order valence-electron chi connectivity index (χ3n) is 4.02. The van der Waals surface area contributed by atoms with Gasteiger partial charge in [-0.2, -0.15) is 0 Å². The number of thiocarbonyl (C=S) groups is 1. The number of ether oxygens (including phenoxy) is 1. The Balaban J connectivity index is 2.23. The Hall–Kier alpha value is -1.93. The van der Waals surface area contributed by atoms with Crippen molar-refractivity contribution in [3.8, 4) is 5.75 Å². The van der Waals surface area contributed by atoms with Crippen LogP contribution in [-0.2, 0) is 4.79 Å². The second kappa shape index (κ2) is 7.53. The number of carbonyl (C=O) groups is 1. The highest BCUT2D eigenvalue weighted by atomic mass is 127. The average molecular weight is 464 g/mol. The van der Waals surface area contributed by atoms with Crippen molar-refractivity contribution in [1.29, 1.82) is 0 Å². The highest BCUT2D eigenvalue weighted by Gasteiger charge is 2.32. The van der Waals surface area contributed by atoms with Gasteiger partial charge in [-0.05, 0) is 65.5 Å². The molecule has 2 aromatic rings. The molecule has 2 N–H and O–H groups in total. The molecule has 1 aliphatic rings. The smallest absolute Gasteiger partial charge is 0.171 e. The van der Waals surface area contributed by atoms with E-state index in [1.54, 1.807) is 14.0 Å². The summed E-state index contributed by atoms with van der Waals surface area (Å²) in [6.45, 7) is 1.57. The number of Topliss-reactive ketones (excluding diaryl/α,β-unsaturated/α-hetero) is 1. The Bertz CT molecular complexity index is 865. The number of halogens is 1. The van der Waals surface area contributed by atoms with E-state index in [4.69, 9.17) is 17.0 Å². The highest BCUT2D eigenvalue weighted by molar-refractivity contribution is 14.1. The summed E-state index contributed by atoms with van der Waals surface area (Å²) in [4.78, 5) is 12.5. The van der Waals surface area contributed by atoms with E-state index < -0.39 is 0 Å². The van der Waals surface area contributed by atoms with Gasteiger partial charge in [0.05, 0.1) is 18.8 Å². The Labute approximate surface area is 165 Å². The monoisotopic (exact) mass is 464 g/mol. The van der Waals surface area contributed by atoms with Crippen molar-refractivity contribution in [3.05, 3.63) is 68.8 Å². The Morgan fingerprint density at radius 2 is 1.92 bits per heavy atom. The van der Waals surface area contributed by atoms with E-state index in [-0.39, 0.29) is 11.8 Å². The lowest BCUT2D eigenvalue weighted by Gasteiger charge is -2.32. The molecule has 0 aliphatic carbocycles. The number of nitrogens with one attached hydrogen (secondary N) is 2. The van der Waals surface area contributed by atoms with Crippen LogP contribution in [0.5, 0.6) is 5.75 Å². The normalized spacial score (nSPS) is 16.9. The van der Waals surface area contributed by atoms with Crippen molar-refractivity contribution in [1.82, 2.24) is 10.6 Å². The van der Waals surface area contributed by atoms with E-state index in [1.165, 1.54) is 0 Å². The molecule has 25 heavy (non-hydrogen) atoms. The second-order valence-electron chi connectivity index (χ2n) is 5.63. The molecule has 2 aromatic carbocycles. The van der Waals surface area contributed by atoms with Crippen molar-refractivity contribution in [2.24, 2.45) is 0 Å². The molecule has 0 saturated heterocycles. The molecule has 0 spiro atoms. The predicted octanol–water partition coefficient (Wildman–Crippen LogP) is 3.82. The average Bonchev–Trinajstić information content (AvgIpc) is 2.61. The summed E-state index contributed by atoms with van der Waals surface area (Å²) in [6.07, 6.45) is 0. The van der Waals surface area contributed by atoms with Crippen LogP contribution in [0, 0.1) is 3.57 Å². The minimum absolute atomic E-state index is 0.0210. The number of rotatable bonds is 4. The molecule has 0 radical (unpaired) electrons. The van der Waals surface area contributed by atoms with E-state index in [9.17, 15) is 4.79 Å². The first-order valence-corrected chi connectivity index (χ1v) is 9.21. The molecule has 0 saturated carbocycles. The maximum atomic E-state index is 12.5. The van der Waals surface area contributed by atoms with Crippen LogP contribution >= 0.6 is 34.8 Å². The number of carbonyl (C=O) groups excluding carboxylic acids is 1. The van der Waals surface area contributed by atoms with Crippen LogP contribution in [-0.4, -0.2) is 18.0 Å². The fourth-order valence-corrected chi connectivity index (χ4v) is 3.68. The van der Waals surface area contributed by atoms with Crippen molar-refractivity contribution in [2.45, 2.75) is 13.0 Å². The predicted molar refractivity (Wildman–Crippen MR) is 111 cm³/mol. The first kappa shape index (κ1) is 17.9. The summed E-state index contributed by atoms with van der Waals surface area (Å²) in [5, 5.41) is 6.86. The van der Waals surface area contributed by atoms with E-state index in [0.717, 1.165) is 20.4 Å². The van der Waals surface area contributed by atoms with Crippen LogP contribution in [0.25, 0.3) is 5.70 Å². The summed E-state index contributed by atoms with van der Waals surface area (Å²) in [5.74, 6) is 0.695. The van der Waals surface area contributed by atoms with Crippen molar-refractivity contribution in [3.63, 3.8) is 0 Å². The van der Waals surface area contributed by atoms with Gasteiger partial charge in [-0.25, -0.2) is 0 Å². The molecule has 4 nitrogen and oxygen atoms in total. The van der Waals surface area contributed by atoms with Gasteiger partial charge in [0.25, 0.3) is 0 Å². The SMILES string of the molecule is COc1ccc(I)cc1[C@@H]1NC(=S)NC(c2ccccc2)=C1C(C)=O. The summed E-state index contributed by atoms with van der Waals surface area (Å²) < 4.78 is 6.58. The molecule has 3 rings (SSSR count). The summed E-state index contributed by atoms with van der Waals surface area (Å²) in [7, 11) is 1.63. The van der Waals surface area contributed by atoms with Crippen molar-refractivity contribution >= 4 is 51.4 Å². The fraction of sp³-hybridized carbons (Fsp3) is 0.158. The third kappa shape index (κ3) is 3.69. The van der Waals surface area contributed by atoms with Gasteiger partial charge >= 0.3 is 0 Å². The number of hydrogen-bond acceptors (Lipinski definition) is 3. The van der Waals surface area contributed by atoms with E-state index in [1.807, 2.05) is 48.5 Å². The molecule has 0 aromatic heterocycles. The minimum atomic E-state index is -0.369. The van der Waals surface area contributed by atoms with Crippen molar-refractivity contribution in [2.75, 3.05) is 7.11 Å². The molecule has 1 atom stereocenters. The fourth-order valence-electron chi connectivity index (χ4n) is 2.94. The van der Waals surface area contributed by atoms with Gasteiger partial charge in [0, 0.05) is 14.7 Å². The van der Waals surface area contributed by atoms with E-state index in [2.05, 4.69) is 33.2 Å². The Kier molecular flexibility index (Phi) is 5.39. The maximum Gasteiger partial charge on any atom is 0.171 e. The maximum absolute atomic E-state index is 12.5. The number of benzene rings is 2. The van der Waals surface area contributed by atoms with Gasteiger partial charge in [-0.15, -0.1) is 0 Å². The molecular weight excluding hydrogens is 447 g/mol. The quantitative estimate of drug-likeness (QED) is 0.533. The Morgan fingerprint density at radius 3 is 2.56 bits per heavy atom. The van der Waals surface area contributed by atoms with Gasteiger partial charge in [-0.3, -0.25) is 4.79 Å². The number of ketones is 1. The first-order valence-electron chi connectivity index (χ1n) is 7.72. The molecule has 0 fully saturated rings. The lowest BCUT2D eigenvalue weighted by atomic mass is 9.90. The van der Waals surface area contributed by atoms with Gasteiger partial charge in [0.15, 0.2) is 10.9 Å². The van der Waals surface area contributed by atoms with Gasteiger partial charge < -0.3 is 15.4 Å². The zero-order valence-electron chi connectivity index (χ0n) is 13.8. The van der Waals surface area contributed by atoms with Gasteiger partial charge in [0.1, 0.15) is 5.75 Å². The van der Waals surface area contributed by atoms with Crippen LogP contribution < -0.4 is 15.4 Å². The molecule has 0 unspecified atom stereocenters. The molecule has 0 bridgehead atoms. The van der Waals surface area contributed by atoms with Crippen LogP contribution in [0.2, 0.25) is 0 Å². The minimum Gasteiger partial charge on any atom is -0.496 e. The lowest BCUT2D eigenvalue weighted by Crippen LogP contribution is -2.44. The largest absolute Gasteiger partial charge is 0.496 e.